The lowest BCUT2D eigenvalue weighted by Gasteiger charge is -2.22. The molecule has 0 heterocycles. The summed E-state index contributed by atoms with van der Waals surface area (Å²) in [7, 11) is 1.65. The molecule has 2 N–H and O–H groups in total. The fourth-order valence-electron chi connectivity index (χ4n) is 2.93. The topological polar surface area (TPSA) is 53.6 Å². The summed E-state index contributed by atoms with van der Waals surface area (Å²) in [6, 6.07) is 13.9. The van der Waals surface area contributed by atoms with Crippen LogP contribution < -0.4 is 20.3 Å². The SMILES string of the molecule is CCN(CC)c1ccc(NC(=O)CNCc2ccccc2OC)c(C)c1. The first-order valence-corrected chi connectivity index (χ1v) is 9.07. The van der Waals surface area contributed by atoms with Gasteiger partial charge in [-0.25, -0.2) is 0 Å². The number of carbonyl (C=O) groups is 1. The predicted molar refractivity (Wildman–Crippen MR) is 108 cm³/mol. The van der Waals surface area contributed by atoms with Crippen LogP contribution >= 0.6 is 0 Å². The van der Waals surface area contributed by atoms with E-state index in [4.69, 9.17) is 4.74 Å². The molecule has 0 aliphatic carbocycles. The van der Waals surface area contributed by atoms with Crippen LogP contribution in [0.1, 0.15) is 25.0 Å². The molecule has 26 heavy (non-hydrogen) atoms. The van der Waals surface area contributed by atoms with Crippen molar-refractivity contribution in [1.82, 2.24) is 5.32 Å². The first-order valence-electron chi connectivity index (χ1n) is 9.07. The van der Waals surface area contributed by atoms with Crippen LogP contribution in [0.15, 0.2) is 42.5 Å². The Labute approximate surface area is 156 Å². The molecule has 2 aromatic rings. The highest BCUT2D eigenvalue weighted by Gasteiger charge is 2.08. The second-order valence-corrected chi connectivity index (χ2v) is 6.14. The number of methoxy groups -OCH3 is 1. The number of amides is 1. The fraction of sp³-hybridized carbons (Fsp3) is 0.381. The summed E-state index contributed by atoms with van der Waals surface area (Å²) in [4.78, 5) is 14.5. The van der Waals surface area contributed by atoms with Crippen molar-refractivity contribution in [2.24, 2.45) is 0 Å². The molecule has 0 fully saturated rings. The Morgan fingerprint density at radius 3 is 2.50 bits per heavy atom. The van der Waals surface area contributed by atoms with Crippen molar-refractivity contribution in [2.75, 3.05) is 37.0 Å². The van der Waals surface area contributed by atoms with E-state index in [9.17, 15) is 4.79 Å². The van der Waals surface area contributed by atoms with Crippen molar-refractivity contribution in [2.45, 2.75) is 27.3 Å². The lowest BCUT2D eigenvalue weighted by Crippen LogP contribution is -2.28. The monoisotopic (exact) mass is 355 g/mol. The largest absolute Gasteiger partial charge is 0.496 e. The van der Waals surface area contributed by atoms with E-state index in [1.807, 2.05) is 37.3 Å². The number of anilines is 2. The third-order valence-electron chi connectivity index (χ3n) is 4.41. The fourth-order valence-corrected chi connectivity index (χ4v) is 2.93. The van der Waals surface area contributed by atoms with Crippen LogP contribution in [-0.2, 0) is 11.3 Å². The van der Waals surface area contributed by atoms with Crippen molar-refractivity contribution in [3.8, 4) is 5.75 Å². The van der Waals surface area contributed by atoms with Gasteiger partial charge >= 0.3 is 0 Å². The first kappa shape index (κ1) is 19.8. The number of nitrogens with zero attached hydrogens (tertiary/aromatic N) is 1. The molecule has 5 nitrogen and oxygen atoms in total. The maximum absolute atomic E-state index is 12.2. The molecule has 0 saturated carbocycles. The molecule has 140 valence electrons. The average molecular weight is 355 g/mol. The maximum Gasteiger partial charge on any atom is 0.238 e. The van der Waals surface area contributed by atoms with Crippen molar-refractivity contribution >= 4 is 17.3 Å². The van der Waals surface area contributed by atoms with E-state index in [2.05, 4.69) is 41.5 Å². The molecule has 0 spiro atoms. The van der Waals surface area contributed by atoms with Crippen LogP contribution in [0.3, 0.4) is 0 Å². The molecule has 0 aliphatic heterocycles. The van der Waals surface area contributed by atoms with E-state index in [1.165, 1.54) is 5.69 Å². The number of rotatable bonds is 9. The van der Waals surface area contributed by atoms with Gasteiger partial charge in [0.2, 0.25) is 5.91 Å². The van der Waals surface area contributed by atoms with Gasteiger partial charge in [0.1, 0.15) is 5.75 Å². The van der Waals surface area contributed by atoms with E-state index in [0.717, 1.165) is 35.7 Å². The number of hydrogen-bond acceptors (Lipinski definition) is 4. The summed E-state index contributed by atoms with van der Waals surface area (Å²) < 4.78 is 5.32. The van der Waals surface area contributed by atoms with Crippen LogP contribution in [0.25, 0.3) is 0 Å². The van der Waals surface area contributed by atoms with Gasteiger partial charge in [-0.1, -0.05) is 18.2 Å². The molecule has 0 aromatic heterocycles. The van der Waals surface area contributed by atoms with E-state index in [0.29, 0.717) is 6.54 Å². The average Bonchev–Trinajstić information content (AvgIpc) is 2.65. The smallest absolute Gasteiger partial charge is 0.238 e. The number of carbonyl (C=O) groups excluding carboxylic acids is 1. The van der Waals surface area contributed by atoms with Crippen molar-refractivity contribution in [3.05, 3.63) is 53.6 Å². The Morgan fingerprint density at radius 1 is 1.12 bits per heavy atom. The quantitative estimate of drug-likeness (QED) is 0.722. The van der Waals surface area contributed by atoms with Crippen LogP contribution in [0.2, 0.25) is 0 Å². The van der Waals surface area contributed by atoms with E-state index in [1.54, 1.807) is 7.11 Å². The predicted octanol–water partition coefficient (Wildman–Crippen LogP) is 3.58. The summed E-state index contributed by atoms with van der Waals surface area (Å²) in [6.45, 7) is 9.06. The number of hydrogen-bond donors (Lipinski definition) is 2. The first-order chi connectivity index (χ1) is 12.6. The summed E-state index contributed by atoms with van der Waals surface area (Å²) >= 11 is 0. The van der Waals surface area contributed by atoms with Gasteiger partial charge in [0, 0.05) is 36.6 Å². The third kappa shape index (κ3) is 5.23. The van der Waals surface area contributed by atoms with Crippen LogP contribution in [-0.4, -0.2) is 32.7 Å². The Bertz CT molecular complexity index is 727. The van der Waals surface area contributed by atoms with Crippen LogP contribution in [0, 0.1) is 6.92 Å². The molecule has 2 rings (SSSR count). The van der Waals surface area contributed by atoms with Gasteiger partial charge < -0.3 is 20.3 Å². The third-order valence-corrected chi connectivity index (χ3v) is 4.41. The summed E-state index contributed by atoms with van der Waals surface area (Å²) in [5, 5.41) is 6.14. The summed E-state index contributed by atoms with van der Waals surface area (Å²) in [6.07, 6.45) is 0. The second kappa shape index (κ2) is 9.82. The van der Waals surface area contributed by atoms with Crippen LogP contribution in [0.5, 0.6) is 5.75 Å². The minimum Gasteiger partial charge on any atom is -0.496 e. The highest BCUT2D eigenvalue weighted by atomic mass is 16.5. The van der Waals surface area contributed by atoms with Gasteiger partial charge in [-0.3, -0.25) is 4.79 Å². The molecule has 0 bridgehead atoms. The van der Waals surface area contributed by atoms with E-state index >= 15 is 0 Å². The molecule has 0 aliphatic rings. The normalized spacial score (nSPS) is 10.5. The second-order valence-electron chi connectivity index (χ2n) is 6.14. The molecule has 0 unspecified atom stereocenters. The standard InChI is InChI=1S/C21H29N3O2/c1-5-24(6-2)18-11-12-19(16(3)13-18)23-21(25)15-22-14-17-9-7-8-10-20(17)26-4/h7-13,22H,5-6,14-15H2,1-4H3,(H,23,25). The zero-order valence-corrected chi connectivity index (χ0v) is 16.1. The zero-order chi connectivity index (χ0) is 18.9. The molecule has 1 amide bonds. The van der Waals surface area contributed by atoms with E-state index < -0.39 is 0 Å². The molecule has 0 radical (unpaired) electrons. The Kier molecular flexibility index (Phi) is 7.48. The Morgan fingerprint density at radius 2 is 1.85 bits per heavy atom. The van der Waals surface area contributed by atoms with Crippen LogP contribution in [0.4, 0.5) is 11.4 Å². The Hall–Kier alpha value is -2.53. The molecular weight excluding hydrogens is 326 g/mol. The van der Waals surface area contributed by atoms with Gasteiger partial charge in [-0.05, 0) is 50.6 Å². The minimum atomic E-state index is -0.0569. The molecule has 2 aromatic carbocycles. The summed E-state index contributed by atoms with van der Waals surface area (Å²) in [5.74, 6) is 0.766. The number of para-hydroxylation sites is 1. The number of benzene rings is 2. The van der Waals surface area contributed by atoms with Gasteiger partial charge in [-0.2, -0.15) is 0 Å². The number of ether oxygens (including phenoxy) is 1. The van der Waals surface area contributed by atoms with Crippen molar-refractivity contribution in [1.29, 1.82) is 0 Å². The highest BCUT2D eigenvalue weighted by molar-refractivity contribution is 5.93. The van der Waals surface area contributed by atoms with Gasteiger partial charge in [0.05, 0.1) is 13.7 Å². The molecule has 0 saturated heterocycles. The van der Waals surface area contributed by atoms with Gasteiger partial charge in [0.25, 0.3) is 0 Å². The van der Waals surface area contributed by atoms with Crippen molar-refractivity contribution < 1.29 is 9.53 Å². The molecule has 0 atom stereocenters. The highest BCUT2D eigenvalue weighted by Crippen LogP contribution is 2.22. The van der Waals surface area contributed by atoms with E-state index in [-0.39, 0.29) is 12.5 Å². The van der Waals surface area contributed by atoms with Crippen molar-refractivity contribution in [3.63, 3.8) is 0 Å². The Balaban J connectivity index is 1.89. The minimum absolute atomic E-state index is 0.0569. The van der Waals surface area contributed by atoms with Gasteiger partial charge in [0.15, 0.2) is 0 Å². The maximum atomic E-state index is 12.2. The molecule has 5 heteroatoms. The van der Waals surface area contributed by atoms with Gasteiger partial charge in [-0.15, -0.1) is 0 Å². The molecular formula is C21H29N3O2. The number of aryl methyl sites for hydroxylation is 1. The lowest BCUT2D eigenvalue weighted by molar-refractivity contribution is -0.115. The summed E-state index contributed by atoms with van der Waals surface area (Å²) in [5.41, 5.74) is 4.12. The zero-order valence-electron chi connectivity index (χ0n) is 16.1. The number of nitrogens with one attached hydrogen (secondary N) is 2. The lowest BCUT2D eigenvalue weighted by atomic mass is 10.1.